The highest BCUT2D eigenvalue weighted by Crippen LogP contribution is 2.35. The van der Waals surface area contributed by atoms with Gasteiger partial charge in [0, 0.05) is 23.9 Å². The first-order valence-corrected chi connectivity index (χ1v) is 8.27. The van der Waals surface area contributed by atoms with Gasteiger partial charge >= 0.3 is 0 Å². The fourth-order valence-electron chi connectivity index (χ4n) is 2.65. The summed E-state index contributed by atoms with van der Waals surface area (Å²) >= 11 is 0. The van der Waals surface area contributed by atoms with Gasteiger partial charge in [0.05, 0.1) is 5.69 Å². The van der Waals surface area contributed by atoms with E-state index in [9.17, 15) is 13.6 Å². The van der Waals surface area contributed by atoms with Crippen molar-refractivity contribution in [2.24, 2.45) is 0 Å². The fourth-order valence-corrected chi connectivity index (χ4v) is 2.65. The summed E-state index contributed by atoms with van der Waals surface area (Å²) in [5.74, 6) is -0.302. The van der Waals surface area contributed by atoms with Crippen LogP contribution in [0.25, 0.3) is 0 Å². The van der Waals surface area contributed by atoms with Crippen molar-refractivity contribution in [1.29, 1.82) is 0 Å². The van der Waals surface area contributed by atoms with E-state index < -0.39 is 17.5 Å². The number of anilines is 3. The molecule has 3 aromatic rings. The van der Waals surface area contributed by atoms with Crippen molar-refractivity contribution in [2.45, 2.75) is 6.92 Å². The topological polar surface area (TPSA) is 85.4 Å². The van der Waals surface area contributed by atoms with E-state index in [1.54, 1.807) is 25.1 Å². The molecule has 142 valence electrons. The Morgan fingerprint density at radius 2 is 1.86 bits per heavy atom. The average Bonchev–Trinajstić information content (AvgIpc) is 3.11. The van der Waals surface area contributed by atoms with Gasteiger partial charge in [0.25, 0.3) is 5.91 Å². The van der Waals surface area contributed by atoms with Crippen molar-refractivity contribution in [3.8, 4) is 11.5 Å². The summed E-state index contributed by atoms with van der Waals surface area (Å²) in [6, 6.07) is 9.58. The molecule has 0 saturated carbocycles. The van der Waals surface area contributed by atoms with Gasteiger partial charge in [-0.05, 0) is 31.2 Å². The molecule has 7 nitrogen and oxygen atoms in total. The molecule has 1 aromatic heterocycles. The van der Waals surface area contributed by atoms with Crippen LogP contribution in [-0.4, -0.2) is 22.7 Å². The second kappa shape index (κ2) is 7.10. The van der Waals surface area contributed by atoms with Crippen LogP contribution in [0.15, 0.2) is 42.5 Å². The Morgan fingerprint density at radius 3 is 2.68 bits per heavy atom. The zero-order chi connectivity index (χ0) is 19.7. The summed E-state index contributed by atoms with van der Waals surface area (Å²) in [6.07, 6.45) is 0. The van der Waals surface area contributed by atoms with E-state index >= 15 is 0 Å². The van der Waals surface area contributed by atoms with E-state index in [0.29, 0.717) is 34.9 Å². The van der Waals surface area contributed by atoms with Gasteiger partial charge in [0.2, 0.25) is 6.79 Å². The van der Waals surface area contributed by atoms with Crippen LogP contribution in [0.2, 0.25) is 0 Å². The molecule has 1 amide bonds. The first-order chi connectivity index (χ1) is 13.5. The lowest BCUT2D eigenvalue weighted by molar-refractivity contribution is 0.102. The maximum Gasteiger partial charge on any atom is 0.274 e. The Labute approximate surface area is 158 Å². The molecule has 0 saturated heterocycles. The van der Waals surface area contributed by atoms with Crippen LogP contribution in [0.1, 0.15) is 16.3 Å². The molecular weight excluding hydrogens is 370 g/mol. The van der Waals surface area contributed by atoms with E-state index in [1.165, 1.54) is 6.07 Å². The van der Waals surface area contributed by atoms with Gasteiger partial charge in [-0.1, -0.05) is 0 Å². The van der Waals surface area contributed by atoms with Crippen molar-refractivity contribution in [2.75, 3.05) is 17.4 Å². The Kier molecular flexibility index (Phi) is 4.48. The molecule has 2 heterocycles. The summed E-state index contributed by atoms with van der Waals surface area (Å²) in [4.78, 5) is 20.8. The molecule has 2 N–H and O–H groups in total. The molecule has 0 fully saturated rings. The predicted octanol–water partition coefficient (Wildman–Crippen LogP) is 3.79. The third-order valence-corrected chi connectivity index (χ3v) is 3.89. The number of carbonyl (C=O) groups is 1. The number of amides is 1. The normalized spacial score (nSPS) is 12.0. The first kappa shape index (κ1) is 17.7. The van der Waals surface area contributed by atoms with Gasteiger partial charge in [-0.25, -0.2) is 18.7 Å². The molecule has 1 aliphatic rings. The van der Waals surface area contributed by atoms with E-state index in [4.69, 9.17) is 9.47 Å². The van der Waals surface area contributed by atoms with Crippen LogP contribution in [0.4, 0.5) is 26.0 Å². The van der Waals surface area contributed by atoms with Crippen LogP contribution in [0.3, 0.4) is 0 Å². The van der Waals surface area contributed by atoms with Gasteiger partial charge in [-0.2, -0.15) is 0 Å². The number of nitrogens with one attached hydrogen (secondary N) is 2. The number of carbonyl (C=O) groups excluding carboxylic acids is 1. The van der Waals surface area contributed by atoms with Crippen molar-refractivity contribution in [1.82, 2.24) is 9.97 Å². The molecule has 9 heteroatoms. The predicted molar refractivity (Wildman–Crippen MR) is 96.9 cm³/mol. The van der Waals surface area contributed by atoms with Crippen molar-refractivity contribution >= 4 is 23.1 Å². The van der Waals surface area contributed by atoms with E-state index in [2.05, 4.69) is 20.6 Å². The maximum absolute atomic E-state index is 13.8. The number of rotatable bonds is 4. The molecule has 0 aliphatic carbocycles. The highest BCUT2D eigenvalue weighted by Gasteiger charge is 2.16. The average molecular weight is 384 g/mol. The van der Waals surface area contributed by atoms with Crippen molar-refractivity contribution in [3.05, 3.63) is 65.6 Å². The summed E-state index contributed by atoms with van der Waals surface area (Å²) in [5, 5.41) is 5.43. The third kappa shape index (κ3) is 3.68. The SMILES string of the molecule is Cc1nc(Nc2ccc3c(c2)OCO3)cc(C(=O)Nc2ccc(F)cc2F)n1. The van der Waals surface area contributed by atoms with Crippen LogP contribution in [0, 0.1) is 18.6 Å². The number of hydrogen-bond donors (Lipinski definition) is 2. The number of benzene rings is 2. The molecular formula is C19H14F2N4O3. The number of nitrogens with zero attached hydrogens (tertiary/aromatic N) is 2. The lowest BCUT2D eigenvalue weighted by Gasteiger charge is -2.10. The standard InChI is InChI=1S/C19H14F2N4O3/c1-10-22-15(19(26)25-14-4-2-11(20)6-13(14)21)8-18(23-10)24-12-3-5-16-17(7-12)28-9-27-16/h2-8H,9H2,1H3,(H,25,26)(H,22,23,24). The Hall–Kier alpha value is -3.75. The van der Waals surface area contributed by atoms with Crippen molar-refractivity contribution < 1.29 is 23.0 Å². The van der Waals surface area contributed by atoms with Crippen LogP contribution in [0.5, 0.6) is 11.5 Å². The third-order valence-electron chi connectivity index (χ3n) is 3.89. The number of aryl methyl sites for hydroxylation is 1. The summed E-state index contributed by atoms with van der Waals surface area (Å²) < 4.78 is 37.4. The van der Waals surface area contributed by atoms with Crippen LogP contribution in [-0.2, 0) is 0 Å². The lowest BCUT2D eigenvalue weighted by Crippen LogP contribution is -2.16. The van der Waals surface area contributed by atoms with E-state index in [1.807, 2.05) is 0 Å². The van der Waals surface area contributed by atoms with Crippen LogP contribution >= 0.6 is 0 Å². The first-order valence-electron chi connectivity index (χ1n) is 8.27. The van der Waals surface area contributed by atoms with E-state index in [0.717, 1.165) is 12.1 Å². The molecule has 0 bridgehead atoms. The summed E-state index contributed by atoms with van der Waals surface area (Å²) in [5.41, 5.74) is 0.561. The molecule has 0 radical (unpaired) electrons. The largest absolute Gasteiger partial charge is 0.454 e. The minimum atomic E-state index is -0.877. The molecule has 0 atom stereocenters. The maximum atomic E-state index is 13.8. The second-order valence-electron chi connectivity index (χ2n) is 5.96. The van der Waals surface area contributed by atoms with Crippen molar-refractivity contribution in [3.63, 3.8) is 0 Å². The monoisotopic (exact) mass is 384 g/mol. The highest BCUT2D eigenvalue weighted by molar-refractivity contribution is 6.03. The molecule has 0 unspecified atom stereocenters. The summed E-state index contributed by atoms with van der Waals surface area (Å²) in [7, 11) is 0. The lowest BCUT2D eigenvalue weighted by atomic mass is 10.2. The zero-order valence-corrected chi connectivity index (χ0v) is 14.6. The fraction of sp³-hybridized carbons (Fsp3) is 0.105. The number of fused-ring (bicyclic) bond motifs is 1. The van der Waals surface area contributed by atoms with Gasteiger partial charge in [-0.15, -0.1) is 0 Å². The summed E-state index contributed by atoms with van der Waals surface area (Å²) in [6.45, 7) is 1.79. The van der Waals surface area contributed by atoms with Gasteiger partial charge in [0.1, 0.15) is 29.0 Å². The minimum Gasteiger partial charge on any atom is -0.454 e. The number of ether oxygens (including phenoxy) is 2. The molecule has 0 spiro atoms. The second-order valence-corrected chi connectivity index (χ2v) is 5.96. The smallest absolute Gasteiger partial charge is 0.274 e. The number of hydrogen-bond acceptors (Lipinski definition) is 6. The molecule has 4 rings (SSSR count). The number of aromatic nitrogens is 2. The zero-order valence-electron chi connectivity index (χ0n) is 14.6. The quantitative estimate of drug-likeness (QED) is 0.712. The number of halogens is 2. The van der Waals surface area contributed by atoms with Gasteiger partial charge in [0.15, 0.2) is 11.5 Å². The van der Waals surface area contributed by atoms with E-state index in [-0.39, 0.29) is 18.2 Å². The molecule has 2 aromatic carbocycles. The minimum absolute atomic E-state index is 0.0273. The Balaban J connectivity index is 1.55. The Bertz CT molecular complexity index is 1080. The van der Waals surface area contributed by atoms with Crippen LogP contribution < -0.4 is 20.1 Å². The molecule has 1 aliphatic heterocycles. The molecule has 28 heavy (non-hydrogen) atoms. The van der Waals surface area contributed by atoms with Gasteiger partial charge in [-0.3, -0.25) is 4.79 Å². The highest BCUT2D eigenvalue weighted by atomic mass is 19.1. The van der Waals surface area contributed by atoms with Gasteiger partial charge < -0.3 is 20.1 Å². The Morgan fingerprint density at radius 1 is 1.04 bits per heavy atom.